The first-order chi connectivity index (χ1) is 14.1. The summed E-state index contributed by atoms with van der Waals surface area (Å²) in [4.78, 5) is 18.5. The highest BCUT2D eigenvalue weighted by molar-refractivity contribution is 5.78. The van der Waals surface area contributed by atoms with Gasteiger partial charge in [-0.25, -0.2) is 9.37 Å². The van der Waals surface area contributed by atoms with Crippen LogP contribution in [0.25, 0.3) is 5.65 Å². The maximum Gasteiger partial charge on any atom is 0.222 e. The highest BCUT2D eigenvalue weighted by Gasteiger charge is 2.27. The number of benzene rings is 1. The molecular weight excluding hydrogens is 373 g/mol. The molecule has 8 heteroatoms. The zero-order valence-corrected chi connectivity index (χ0v) is 16.3. The summed E-state index contributed by atoms with van der Waals surface area (Å²) < 4.78 is 21.9. The summed E-state index contributed by atoms with van der Waals surface area (Å²) in [5.74, 6) is 1.60. The summed E-state index contributed by atoms with van der Waals surface area (Å²) in [5.41, 5.74) is 3.35. The molecule has 2 aliphatic rings. The highest BCUT2D eigenvalue weighted by atomic mass is 19.1. The third kappa shape index (κ3) is 3.12. The standard InChI is InChI=1S/C21H22FN5O2/c1-26-8-6-13(10-20(26)28)16-11-23-19(27-12-24-25-21(16)27)5-2-14-15-7-9-29-18(15)4-3-17(14)22/h3-4,11-13H,2,5-10H2,1H3. The van der Waals surface area contributed by atoms with Gasteiger partial charge in [-0.2, -0.15) is 0 Å². The van der Waals surface area contributed by atoms with Crippen molar-refractivity contribution in [3.05, 3.63) is 53.0 Å². The topological polar surface area (TPSA) is 72.6 Å². The second-order valence-electron chi connectivity index (χ2n) is 7.76. The SMILES string of the molecule is CN1CCC(c2cnc(CCc3c(F)ccc4c3CCO4)n3cnnc23)CC1=O. The van der Waals surface area contributed by atoms with E-state index in [4.69, 9.17) is 4.74 Å². The summed E-state index contributed by atoms with van der Waals surface area (Å²) in [6.45, 7) is 1.33. The van der Waals surface area contributed by atoms with E-state index < -0.39 is 0 Å². The van der Waals surface area contributed by atoms with Crippen molar-refractivity contribution >= 4 is 11.6 Å². The number of carbonyl (C=O) groups excluding carboxylic acids is 1. The number of fused-ring (bicyclic) bond motifs is 2. The molecule has 1 saturated heterocycles. The summed E-state index contributed by atoms with van der Waals surface area (Å²) >= 11 is 0. The predicted molar refractivity (Wildman–Crippen MR) is 103 cm³/mol. The Morgan fingerprint density at radius 2 is 2.21 bits per heavy atom. The zero-order chi connectivity index (χ0) is 20.0. The molecule has 0 aliphatic carbocycles. The van der Waals surface area contributed by atoms with Crippen molar-refractivity contribution in [1.29, 1.82) is 0 Å². The lowest BCUT2D eigenvalue weighted by Gasteiger charge is -2.28. The van der Waals surface area contributed by atoms with Crippen LogP contribution in [-0.2, 0) is 24.1 Å². The molecule has 1 atom stereocenters. The van der Waals surface area contributed by atoms with Crippen LogP contribution in [0, 0.1) is 5.82 Å². The number of halogens is 1. The molecule has 2 aromatic heterocycles. The van der Waals surface area contributed by atoms with Gasteiger partial charge in [0, 0.05) is 50.2 Å². The molecule has 0 bridgehead atoms. The van der Waals surface area contributed by atoms with E-state index >= 15 is 0 Å². The van der Waals surface area contributed by atoms with Crippen LogP contribution in [0.15, 0.2) is 24.7 Å². The molecule has 0 radical (unpaired) electrons. The number of ether oxygens (including phenoxy) is 1. The normalized spacial score (nSPS) is 18.9. The predicted octanol–water partition coefficient (Wildman–Crippen LogP) is 2.32. The van der Waals surface area contributed by atoms with E-state index in [-0.39, 0.29) is 17.6 Å². The Morgan fingerprint density at radius 3 is 3.07 bits per heavy atom. The quantitative estimate of drug-likeness (QED) is 0.678. The molecule has 5 rings (SSSR count). The third-order valence-electron chi connectivity index (χ3n) is 6.08. The molecule has 0 N–H and O–H groups in total. The van der Waals surface area contributed by atoms with Crippen molar-refractivity contribution in [2.45, 2.75) is 38.0 Å². The largest absolute Gasteiger partial charge is 0.493 e. The maximum absolute atomic E-state index is 14.4. The van der Waals surface area contributed by atoms with Crippen LogP contribution in [-0.4, -0.2) is 50.6 Å². The molecule has 29 heavy (non-hydrogen) atoms. The third-order valence-corrected chi connectivity index (χ3v) is 6.08. The second-order valence-corrected chi connectivity index (χ2v) is 7.76. The van der Waals surface area contributed by atoms with E-state index in [2.05, 4.69) is 15.2 Å². The van der Waals surface area contributed by atoms with Crippen molar-refractivity contribution in [2.75, 3.05) is 20.2 Å². The summed E-state index contributed by atoms with van der Waals surface area (Å²) in [7, 11) is 1.83. The number of aryl methyl sites for hydroxylation is 1. The summed E-state index contributed by atoms with van der Waals surface area (Å²) in [6, 6.07) is 3.18. The van der Waals surface area contributed by atoms with Crippen molar-refractivity contribution in [1.82, 2.24) is 24.5 Å². The van der Waals surface area contributed by atoms with Crippen LogP contribution >= 0.6 is 0 Å². The van der Waals surface area contributed by atoms with E-state index in [9.17, 15) is 9.18 Å². The molecule has 3 aromatic rings. The Labute approximate surface area is 167 Å². The molecule has 1 aromatic carbocycles. The zero-order valence-electron chi connectivity index (χ0n) is 16.3. The van der Waals surface area contributed by atoms with Gasteiger partial charge in [0.1, 0.15) is 23.7 Å². The Morgan fingerprint density at radius 1 is 1.31 bits per heavy atom. The van der Waals surface area contributed by atoms with Crippen LogP contribution in [0.2, 0.25) is 0 Å². The molecule has 1 fully saturated rings. The number of piperidine rings is 1. The molecule has 0 spiro atoms. The van der Waals surface area contributed by atoms with Gasteiger partial charge in [-0.15, -0.1) is 10.2 Å². The monoisotopic (exact) mass is 395 g/mol. The molecule has 0 saturated carbocycles. The van der Waals surface area contributed by atoms with Crippen molar-refractivity contribution in [3.63, 3.8) is 0 Å². The van der Waals surface area contributed by atoms with Crippen LogP contribution in [0.1, 0.15) is 41.3 Å². The first kappa shape index (κ1) is 18.0. The molecule has 1 unspecified atom stereocenters. The van der Waals surface area contributed by atoms with Crippen LogP contribution in [0.4, 0.5) is 4.39 Å². The first-order valence-electron chi connectivity index (χ1n) is 9.96. The van der Waals surface area contributed by atoms with Gasteiger partial charge in [0.25, 0.3) is 0 Å². The van der Waals surface area contributed by atoms with E-state index in [1.54, 1.807) is 17.3 Å². The Balaban J connectivity index is 1.42. The molecule has 2 aliphatic heterocycles. The lowest BCUT2D eigenvalue weighted by Crippen LogP contribution is -2.35. The minimum absolute atomic E-state index is 0.0962. The van der Waals surface area contributed by atoms with Crippen LogP contribution in [0.5, 0.6) is 5.75 Å². The average Bonchev–Trinajstić information content (AvgIpc) is 3.39. The molecule has 1 amide bonds. The van der Waals surface area contributed by atoms with Gasteiger partial charge in [-0.3, -0.25) is 9.20 Å². The lowest BCUT2D eigenvalue weighted by molar-refractivity contribution is -0.132. The fourth-order valence-electron chi connectivity index (χ4n) is 4.39. The van der Waals surface area contributed by atoms with Gasteiger partial charge in [-0.1, -0.05) is 0 Å². The van der Waals surface area contributed by atoms with Gasteiger partial charge in [-0.05, 0) is 36.5 Å². The molecular formula is C21H22FN5O2. The number of likely N-dealkylation sites (tertiary alicyclic amines) is 1. The summed E-state index contributed by atoms with van der Waals surface area (Å²) in [6.07, 6.45) is 6.64. The van der Waals surface area contributed by atoms with Crippen molar-refractivity contribution in [3.8, 4) is 5.75 Å². The van der Waals surface area contributed by atoms with Gasteiger partial charge in [0.2, 0.25) is 5.91 Å². The number of hydrogen-bond acceptors (Lipinski definition) is 5. The molecule has 7 nitrogen and oxygen atoms in total. The maximum atomic E-state index is 14.4. The van der Waals surface area contributed by atoms with Crippen molar-refractivity contribution in [2.24, 2.45) is 0 Å². The van der Waals surface area contributed by atoms with E-state index in [1.165, 1.54) is 6.07 Å². The van der Waals surface area contributed by atoms with Crippen molar-refractivity contribution < 1.29 is 13.9 Å². The van der Waals surface area contributed by atoms with E-state index in [1.807, 2.05) is 17.6 Å². The van der Waals surface area contributed by atoms with Crippen LogP contribution in [0.3, 0.4) is 0 Å². The Hall–Kier alpha value is -3.03. The van der Waals surface area contributed by atoms with Gasteiger partial charge >= 0.3 is 0 Å². The average molecular weight is 395 g/mol. The summed E-state index contributed by atoms with van der Waals surface area (Å²) in [5, 5.41) is 8.35. The fourth-order valence-corrected chi connectivity index (χ4v) is 4.39. The Kier molecular flexibility index (Phi) is 4.41. The van der Waals surface area contributed by atoms with E-state index in [0.717, 1.165) is 47.7 Å². The number of aromatic nitrogens is 4. The molecule has 150 valence electrons. The number of rotatable bonds is 4. The minimum atomic E-state index is -0.198. The van der Waals surface area contributed by atoms with Gasteiger partial charge in [0.05, 0.1) is 6.61 Å². The van der Waals surface area contributed by atoms with E-state index in [0.29, 0.717) is 31.4 Å². The number of nitrogens with zero attached hydrogens (tertiary/aromatic N) is 5. The number of hydrogen-bond donors (Lipinski definition) is 0. The highest BCUT2D eigenvalue weighted by Crippen LogP contribution is 2.32. The second kappa shape index (κ2) is 7.09. The van der Waals surface area contributed by atoms with Gasteiger partial charge in [0.15, 0.2) is 5.65 Å². The molecule has 4 heterocycles. The first-order valence-corrected chi connectivity index (χ1v) is 9.96. The lowest BCUT2D eigenvalue weighted by atomic mass is 9.90. The van der Waals surface area contributed by atoms with Gasteiger partial charge < -0.3 is 9.64 Å². The Bertz CT molecular complexity index is 1100. The fraction of sp³-hybridized carbons (Fsp3) is 0.429. The minimum Gasteiger partial charge on any atom is -0.493 e. The van der Waals surface area contributed by atoms with Crippen LogP contribution < -0.4 is 4.74 Å². The number of amides is 1. The number of carbonyl (C=O) groups is 1. The smallest absolute Gasteiger partial charge is 0.222 e.